The van der Waals surface area contributed by atoms with Crippen LogP contribution in [-0.2, 0) is 11.3 Å². The molecule has 0 radical (unpaired) electrons. The number of nitrogens with two attached hydrogens (primary N) is 1. The zero-order valence-electron chi connectivity index (χ0n) is 24.3. The van der Waals surface area contributed by atoms with Gasteiger partial charge >= 0.3 is 12.2 Å². The van der Waals surface area contributed by atoms with Crippen LogP contribution in [0.25, 0.3) is 0 Å². The molecule has 1 amide bonds. The summed E-state index contributed by atoms with van der Waals surface area (Å²) in [7, 11) is 0. The maximum Gasteiger partial charge on any atom is 0.422 e. The summed E-state index contributed by atoms with van der Waals surface area (Å²) in [6.07, 6.45) is -4.58. The second-order valence-electron chi connectivity index (χ2n) is 11.3. The van der Waals surface area contributed by atoms with E-state index >= 15 is 0 Å². The molecule has 0 unspecified atom stereocenters. The van der Waals surface area contributed by atoms with E-state index < -0.39 is 18.8 Å². The van der Waals surface area contributed by atoms with Gasteiger partial charge in [-0.15, -0.1) is 11.6 Å². The van der Waals surface area contributed by atoms with Gasteiger partial charge in [-0.25, -0.2) is 0 Å². The Bertz CT molecular complexity index is 1380. The van der Waals surface area contributed by atoms with Crippen LogP contribution in [0.3, 0.4) is 0 Å². The van der Waals surface area contributed by atoms with E-state index in [0.29, 0.717) is 55.8 Å². The fourth-order valence-corrected chi connectivity index (χ4v) is 3.97. The molecule has 44 heavy (non-hydrogen) atoms. The van der Waals surface area contributed by atoms with Crippen molar-refractivity contribution in [3.8, 4) is 11.8 Å². The molecule has 0 aliphatic carbocycles. The quantitative estimate of drug-likeness (QED) is 0.176. The molecule has 1 saturated heterocycles. The summed E-state index contributed by atoms with van der Waals surface area (Å²) in [6.45, 7) is 4.97. The number of ether oxygens (including phenoxy) is 3. The number of benzene rings is 2. The summed E-state index contributed by atoms with van der Waals surface area (Å²) >= 11 is 6.03. The van der Waals surface area contributed by atoms with Crippen molar-refractivity contribution in [1.82, 2.24) is 20.3 Å². The van der Waals surface area contributed by atoms with Crippen LogP contribution in [0.5, 0.6) is 11.8 Å². The van der Waals surface area contributed by atoms with Gasteiger partial charge in [0.05, 0.1) is 25.2 Å². The van der Waals surface area contributed by atoms with Gasteiger partial charge in [-0.3, -0.25) is 4.79 Å². The smallest absolute Gasteiger partial charge is 0.422 e. The van der Waals surface area contributed by atoms with E-state index in [1.807, 2.05) is 26.0 Å². The van der Waals surface area contributed by atoms with Gasteiger partial charge in [0.25, 0.3) is 5.91 Å². The van der Waals surface area contributed by atoms with Crippen molar-refractivity contribution < 1.29 is 32.2 Å². The van der Waals surface area contributed by atoms with E-state index in [4.69, 9.17) is 31.5 Å². The lowest BCUT2D eigenvalue weighted by molar-refractivity contribution is -0.154. The fourth-order valence-electron chi connectivity index (χ4n) is 3.74. The molecule has 0 atom stereocenters. The number of nitrogens with one attached hydrogen (secondary N) is 3. The van der Waals surface area contributed by atoms with Crippen LogP contribution in [0.1, 0.15) is 29.8 Å². The first kappa shape index (κ1) is 33.0. The molecule has 238 valence electrons. The lowest BCUT2D eigenvalue weighted by Crippen LogP contribution is -2.48. The SMILES string of the molecule is CC(C)(CN)CNC(=O)c1ccc(Nc2nc(NCc3ccc(OCC4(CCl)COC4)cc3)nc(OCC(F)(F)F)n2)cc1. The Balaban J connectivity index is 1.40. The fraction of sp³-hybridized carbons (Fsp3) is 0.448. The second kappa shape index (κ2) is 14.3. The molecule has 5 N–H and O–H groups in total. The average Bonchev–Trinajstić information content (AvgIpc) is 2.98. The summed E-state index contributed by atoms with van der Waals surface area (Å²) in [4.78, 5) is 24.7. The Morgan fingerprint density at radius 3 is 2.30 bits per heavy atom. The maximum atomic E-state index is 12.8. The summed E-state index contributed by atoms with van der Waals surface area (Å²) in [5.74, 6) is 0.788. The number of aromatic nitrogens is 3. The number of halogens is 4. The number of rotatable bonds is 15. The van der Waals surface area contributed by atoms with Crippen LogP contribution < -0.4 is 31.2 Å². The van der Waals surface area contributed by atoms with E-state index in [2.05, 4.69) is 30.9 Å². The topological polar surface area (TPSA) is 146 Å². The van der Waals surface area contributed by atoms with Crippen LogP contribution in [0.4, 0.5) is 30.8 Å². The summed E-state index contributed by atoms with van der Waals surface area (Å²) in [5.41, 5.74) is 7.05. The van der Waals surface area contributed by atoms with Crippen molar-refractivity contribution >= 4 is 35.1 Å². The van der Waals surface area contributed by atoms with Crippen LogP contribution in [0.15, 0.2) is 48.5 Å². The Morgan fingerprint density at radius 2 is 1.70 bits per heavy atom. The molecule has 2 aromatic carbocycles. The first-order valence-electron chi connectivity index (χ1n) is 13.8. The molecule has 1 fully saturated rings. The zero-order chi connectivity index (χ0) is 31.8. The highest BCUT2D eigenvalue weighted by Crippen LogP contribution is 2.30. The van der Waals surface area contributed by atoms with Gasteiger partial charge < -0.3 is 35.9 Å². The first-order chi connectivity index (χ1) is 20.9. The van der Waals surface area contributed by atoms with Crippen molar-refractivity contribution in [2.45, 2.75) is 26.6 Å². The molecule has 0 saturated carbocycles. The minimum Gasteiger partial charge on any atom is -0.493 e. The molecule has 3 aromatic rings. The van der Waals surface area contributed by atoms with Crippen LogP contribution in [-0.4, -0.2) is 72.4 Å². The largest absolute Gasteiger partial charge is 0.493 e. The average molecular weight is 638 g/mol. The third-order valence-corrected chi connectivity index (χ3v) is 7.25. The highest BCUT2D eigenvalue weighted by molar-refractivity contribution is 6.18. The van der Waals surface area contributed by atoms with Gasteiger partial charge in [0.2, 0.25) is 11.9 Å². The number of alkyl halides is 4. The highest BCUT2D eigenvalue weighted by Gasteiger charge is 2.38. The summed E-state index contributed by atoms with van der Waals surface area (Å²) < 4.78 is 54.3. The van der Waals surface area contributed by atoms with Crippen molar-refractivity contribution in [1.29, 1.82) is 0 Å². The van der Waals surface area contributed by atoms with E-state index in [0.717, 1.165) is 5.56 Å². The molecule has 0 spiro atoms. The number of carbonyl (C=O) groups excluding carboxylic acids is 1. The molecular weight excluding hydrogens is 603 g/mol. The third-order valence-electron chi connectivity index (χ3n) is 6.68. The van der Waals surface area contributed by atoms with Gasteiger partial charge in [0.1, 0.15) is 5.75 Å². The minimum absolute atomic E-state index is 0.00689. The van der Waals surface area contributed by atoms with Crippen molar-refractivity contribution in [2.24, 2.45) is 16.6 Å². The van der Waals surface area contributed by atoms with Gasteiger partial charge in [-0.1, -0.05) is 26.0 Å². The lowest BCUT2D eigenvalue weighted by atomic mass is 9.90. The third kappa shape index (κ3) is 9.82. The number of carbonyl (C=O) groups is 1. The molecule has 0 bridgehead atoms. The van der Waals surface area contributed by atoms with Gasteiger partial charge in [-0.2, -0.15) is 28.1 Å². The second-order valence-corrected chi connectivity index (χ2v) is 11.6. The van der Waals surface area contributed by atoms with Crippen molar-refractivity contribution in [2.75, 3.05) is 56.0 Å². The Labute approximate surface area is 258 Å². The van der Waals surface area contributed by atoms with Crippen LogP contribution in [0, 0.1) is 10.8 Å². The number of nitrogens with zero attached hydrogens (tertiary/aromatic N) is 3. The van der Waals surface area contributed by atoms with Crippen molar-refractivity contribution in [3.05, 3.63) is 59.7 Å². The van der Waals surface area contributed by atoms with E-state index in [9.17, 15) is 18.0 Å². The predicted molar refractivity (Wildman–Crippen MR) is 160 cm³/mol. The number of amides is 1. The van der Waals surface area contributed by atoms with E-state index in [1.165, 1.54) is 0 Å². The molecule has 4 rings (SSSR count). The number of anilines is 3. The summed E-state index contributed by atoms with van der Waals surface area (Å²) in [6, 6.07) is 13.2. The lowest BCUT2D eigenvalue weighted by Gasteiger charge is -2.39. The monoisotopic (exact) mass is 637 g/mol. The standard InChI is InChI=1S/C29H35ClF3N7O4/c1-27(2,13-34)14-36-23(41)20-5-7-21(8-6-20)37-25-38-24(39-26(40-25)44-18-29(31,32)33)35-11-19-3-9-22(10-4-19)43-17-28(12-30)15-42-16-28/h3-10H,11-18,34H2,1-2H3,(H,36,41)(H2,35,37,38,39,40). The van der Waals surface area contributed by atoms with Gasteiger partial charge in [0.15, 0.2) is 6.61 Å². The Morgan fingerprint density at radius 1 is 1.02 bits per heavy atom. The molecule has 2 heterocycles. The minimum atomic E-state index is -4.58. The molecule has 15 heteroatoms. The van der Waals surface area contributed by atoms with E-state index in [-0.39, 0.29) is 35.2 Å². The highest BCUT2D eigenvalue weighted by atomic mass is 35.5. The van der Waals surface area contributed by atoms with Crippen LogP contribution >= 0.6 is 11.6 Å². The predicted octanol–water partition coefficient (Wildman–Crippen LogP) is 4.52. The summed E-state index contributed by atoms with van der Waals surface area (Å²) in [5, 5.41) is 8.74. The van der Waals surface area contributed by atoms with Crippen molar-refractivity contribution in [3.63, 3.8) is 0 Å². The molecule has 11 nitrogen and oxygen atoms in total. The first-order valence-corrected chi connectivity index (χ1v) is 14.3. The molecule has 1 aliphatic rings. The number of hydrogen-bond donors (Lipinski definition) is 4. The Kier molecular flexibility index (Phi) is 10.7. The number of hydrogen-bond acceptors (Lipinski definition) is 10. The maximum absolute atomic E-state index is 12.8. The molecular formula is C29H35ClF3N7O4. The normalized spacial score (nSPS) is 14.3. The van der Waals surface area contributed by atoms with Gasteiger partial charge in [-0.05, 0) is 53.9 Å². The van der Waals surface area contributed by atoms with Crippen LogP contribution in [0.2, 0.25) is 0 Å². The zero-order valence-corrected chi connectivity index (χ0v) is 25.1. The Hall–Kier alpha value is -3.88. The van der Waals surface area contributed by atoms with Gasteiger partial charge in [0, 0.05) is 30.2 Å². The van der Waals surface area contributed by atoms with E-state index in [1.54, 1.807) is 36.4 Å². The molecule has 1 aliphatic heterocycles. The molecule has 1 aromatic heterocycles.